The third-order valence-electron chi connectivity index (χ3n) is 2.54. The first-order valence-electron chi connectivity index (χ1n) is 4.94. The Morgan fingerprint density at radius 2 is 1.87 bits per heavy atom. The van der Waals surface area contributed by atoms with Gasteiger partial charge in [-0.05, 0) is 43.5 Å². The summed E-state index contributed by atoms with van der Waals surface area (Å²) in [6, 6.07) is 1.99. The molecule has 15 heavy (non-hydrogen) atoms. The van der Waals surface area contributed by atoms with Crippen molar-refractivity contribution >= 4 is 11.7 Å². The number of rotatable bonds is 2. The third kappa shape index (κ3) is 2.29. The minimum absolute atomic E-state index is 0.280. The van der Waals surface area contributed by atoms with Gasteiger partial charge in [0.05, 0.1) is 0 Å². The van der Waals surface area contributed by atoms with Crippen LogP contribution in [0.25, 0.3) is 0 Å². The minimum atomic E-state index is -0.280. The first kappa shape index (κ1) is 11.6. The van der Waals surface area contributed by atoms with Gasteiger partial charge in [0.25, 0.3) is 0 Å². The Morgan fingerprint density at radius 1 is 1.27 bits per heavy atom. The van der Waals surface area contributed by atoms with Crippen molar-refractivity contribution in [2.75, 3.05) is 12.4 Å². The number of benzene rings is 1. The van der Waals surface area contributed by atoms with E-state index in [9.17, 15) is 4.79 Å². The molecule has 0 amide bonds. The lowest BCUT2D eigenvalue weighted by atomic mass is 10.0. The van der Waals surface area contributed by atoms with Gasteiger partial charge in [0, 0.05) is 19.7 Å². The van der Waals surface area contributed by atoms with Crippen LogP contribution in [-0.2, 0) is 4.79 Å². The smallest absolute Gasteiger partial charge is 0.308 e. The summed E-state index contributed by atoms with van der Waals surface area (Å²) in [6.45, 7) is 7.32. The van der Waals surface area contributed by atoms with Crippen LogP contribution < -0.4 is 10.1 Å². The van der Waals surface area contributed by atoms with Gasteiger partial charge in [-0.25, -0.2) is 0 Å². The van der Waals surface area contributed by atoms with Gasteiger partial charge in [-0.15, -0.1) is 0 Å². The summed E-state index contributed by atoms with van der Waals surface area (Å²) in [4.78, 5) is 10.9. The Morgan fingerprint density at radius 3 is 2.33 bits per heavy atom. The molecular weight excluding hydrogens is 190 g/mol. The number of aryl methyl sites for hydroxylation is 1. The summed E-state index contributed by atoms with van der Waals surface area (Å²) in [6.07, 6.45) is 0. The number of carbonyl (C=O) groups is 1. The second-order valence-corrected chi connectivity index (χ2v) is 3.66. The zero-order valence-corrected chi connectivity index (χ0v) is 9.89. The fourth-order valence-electron chi connectivity index (χ4n) is 1.62. The largest absolute Gasteiger partial charge is 0.426 e. The topological polar surface area (TPSA) is 38.3 Å². The molecule has 0 aliphatic heterocycles. The highest BCUT2D eigenvalue weighted by Crippen LogP contribution is 2.31. The Kier molecular flexibility index (Phi) is 3.35. The standard InChI is InChI=1S/C12H17NO2/c1-7-6-11(13-5)8(2)9(3)12(7)15-10(4)14/h6,13H,1-5H3. The molecule has 3 heteroatoms. The average molecular weight is 207 g/mol. The van der Waals surface area contributed by atoms with Gasteiger partial charge in [0.2, 0.25) is 0 Å². The minimum Gasteiger partial charge on any atom is -0.426 e. The molecule has 0 spiro atoms. The van der Waals surface area contributed by atoms with E-state index in [0.717, 1.165) is 22.4 Å². The highest BCUT2D eigenvalue weighted by Gasteiger charge is 2.11. The highest BCUT2D eigenvalue weighted by molar-refractivity contribution is 5.72. The number of ether oxygens (including phenoxy) is 1. The molecule has 82 valence electrons. The average Bonchev–Trinajstić information content (AvgIpc) is 2.18. The van der Waals surface area contributed by atoms with Crippen molar-refractivity contribution < 1.29 is 9.53 Å². The molecule has 0 atom stereocenters. The van der Waals surface area contributed by atoms with Crippen LogP contribution in [0, 0.1) is 20.8 Å². The van der Waals surface area contributed by atoms with Crippen LogP contribution in [-0.4, -0.2) is 13.0 Å². The molecule has 0 bridgehead atoms. The van der Waals surface area contributed by atoms with Crippen molar-refractivity contribution in [1.82, 2.24) is 0 Å². The van der Waals surface area contributed by atoms with Crippen molar-refractivity contribution in [2.45, 2.75) is 27.7 Å². The third-order valence-corrected chi connectivity index (χ3v) is 2.54. The van der Waals surface area contributed by atoms with Crippen LogP contribution in [0.4, 0.5) is 5.69 Å². The van der Waals surface area contributed by atoms with E-state index in [0.29, 0.717) is 5.75 Å². The van der Waals surface area contributed by atoms with E-state index in [1.807, 2.05) is 33.9 Å². The van der Waals surface area contributed by atoms with E-state index >= 15 is 0 Å². The molecule has 1 aromatic rings. The predicted molar refractivity (Wildman–Crippen MR) is 61.5 cm³/mol. The first-order chi connectivity index (χ1) is 6.97. The van der Waals surface area contributed by atoms with Crippen LogP contribution >= 0.6 is 0 Å². The lowest BCUT2D eigenvalue weighted by Crippen LogP contribution is -2.06. The fraction of sp³-hybridized carbons (Fsp3) is 0.417. The number of hydrogen-bond donors (Lipinski definition) is 1. The Balaban J connectivity index is 3.29. The zero-order chi connectivity index (χ0) is 11.6. The Labute approximate surface area is 90.4 Å². The van der Waals surface area contributed by atoms with E-state index in [2.05, 4.69) is 5.32 Å². The van der Waals surface area contributed by atoms with Crippen LogP contribution in [0.1, 0.15) is 23.6 Å². The van der Waals surface area contributed by atoms with Crippen molar-refractivity contribution in [3.8, 4) is 5.75 Å². The molecule has 1 N–H and O–H groups in total. The van der Waals surface area contributed by atoms with Gasteiger partial charge in [-0.3, -0.25) is 4.79 Å². The lowest BCUT2D eigenvalue weighted by molar-refractivity contribution is -0.131. The maximum atomic E-state index is 10.9. The Hall–Kier alpha value is -1.51. The van der Waals surface area contributed by atoms with E-state index < -0.39 is 0 Å². The quantitative estimate of drug-likeness (QED) is 0.598. The number of esters is 1. The normalized spacial score (nSPS) is 9.93. The molecule has 1 aromatic carbocycles. The number of nitrogens with one attached hydrogen (secondary N) is 1. The summed E-state index contributed by atoms with van der Waals surface area (Å²) in [5.74, 6) is 0.400. The summed E-state index contributed by atoms with van der Waals surface area (Å²) in [5.41, 5.74) is 4.16. The highest BCUT2D eigenvalue weighted by atomic mass is 16.5. The SMILES string of the molecule is CNc1cc(C)c(OC(C)=O)c(C)c1C. The molecule has 0 unspecified atom stereocenters. The van der Waals surface area contributed by atoms with Crippen LogP contribution in [0.2, 0.25) is 0 Å². The molecule has 3 nitrogen and oxygen atoms in total. The number of hydrogen-bond acceptors (Lipinski definition) is 3. The summed E-state index contributed by atoms with van der Waals surface area (Å²) in [5, 5.41) is 3.12. The van der Waals surface area contributed by atoms with Gasteiger partial charge in [-0.2, -0.15) is 0 Å². The van der Waals surface area contributed by atoms with Gasteiger partial charge >= 0.3 is 5.97 Å². The van der Waals surface area contributed by atoms with Gasteiger partial charge < -0.3 is 10.1 Å². The van der Waals surface area contributed by atoms with Gasteiger partial charge in [0.1, 0.15) is 5.75 Å². The van der Waals surface area contributed by atoms with Crippen molar-refractivity contribution in [1.29, 1.82) is 0 Å². The second kappa shape index (κ2) is 4.34. The molecule has 0 saturated heterocycles. The zero-order valence-electron chi connectivity index (χ0n) is 9.89. The fourth-order valence-corrected chi connectivity index (χ4v) is 1.62. The van der Waals surface area contributed by atoms with Crippen molar-refractivity contribution in [3.63, 3.8) is 0 Å². The molecule has 0 aromatic heterocycles. The van der Waals surface area contributed by atoms with E-state index in [1.165, 1.54) is 6.92 Å². The Bertz CT molecular complexity index is 397. The molecule has 0 saturated carbocycles. The molecule has 1 rings (SSSR count). The maximum Gasteiger partial charge on any atom is 0.308 e. The van der Waals surface area contributed by atoms with Crippen molar-refractivity contribution in [2.24, 2.45) is 0 Å². The van der Waals surface area contributed by atoms with Crippen LogP contribution in [0.3, 0.4) is 0 Å². The molecule has 0 radical (unpaired) electrons. The lowest BCUT2D eigenvalue weighted by Gasteiger charge is -2.15. The first-order valence-corrected chi connectivity index (χ1v) is 4.94. The maximum absolute atomic E-state index is 10.9. The van der Waals surface area contributed by atoms with E-state index in [-0.39, 0.29) is 5.97 Å². The molecule has 0 aliphatic rings. The van der Waals surface area contributed by atoms with Crippen LogP contribution in [0.15, 0.2) is 6.07 Å². The molecule has 0 fully saturated rings. The van der Waals surface area contributed by atoms with E-state index in [1.54, 1.807) is 0 Å². The van der Waals surface area contributed by atoms with Gasteiger partial charge in [-0.1, -0.05) is 0 Å². The van der Waals surface area contributed by atoms with E-state index in [4.69, 9.17) is 4.74 Å². The summed E-state index contributed by atoms with van der Waals surface area (Å²) >= 11 is 0. The molecule has 0 heterocycles. The second-order valence-electron chi connectivity index (χ2n) is 3.66. The molecular formula is C12H17NO2. The summed E-state index contributed by atoms with van der Waals surface area (Å²) in [7, 11) is 1.88. The summed E-state index contributed by atoms with van der Waals surface area (Å²) < 4.78 is 5.19. The van der Waals surface area contributed by atoms with Crippen LogP contribution in [0.5, 0.6) is 5.75 Å². The number of anilines is 1. The van der Waals surface area contributed by atoms with Gasteiger partial charge in [0.15, 0.2) is 0 Å². The number of carbonyl (C=O) groups excluding carboxylic acids is 1. The monoisotopic (exact) mass is 207 g/mol. The molecule has 0 aliphatic carbocycles. The van der Waals surface area contributed by atoms with Crippen molar-refractivity contribution in [3.05, 3.63) is 22.8 Å². The predicted octanol–water partition coefficient (Wildman–Crippen LogP) is 2.58.